The van der Waals surface area contributed by atoms with Crippen LogP contribution >= 0.6 is 15.9 Å². The van der Waals surface area contributed by atoms with Crippen LogP contribution in [0.2, 0.25) is 0 Å². The van der Waals surface area contributed by atoms with E-state index in [0.29, 0.717) is 10.0 Å². The van der Waals surface area contributed by atoms with Crippen LogP contribution in [0, 0.1) is 11.7 Å². The number of rotatable bonds is 4. The summed E-state index contributed by atoms with van der Waals surface area (Å²) in [4.78, 5) is 0. The van der Waals surface area contributed by atoms with Crippen molar-refractivity contribution in [1.29, 1.82) is 0 Å². The van der Waals surface area contributed by atoms with Gasteiger partial charge in [0.15, 0.2) is 9.84 Å². The maximum absolute atomic E-state index is 13.1. The summed E-state index contributed by atoms with van der Waals surface area (Å²) in [6.07, 6.45) is 0. The van der Waals surface area contributed by atoms with Gasteiger partial charge in [0.05, 0.1) is 11.5 Å². The van der Waals surface area contributed by atoms with Crippen molar-refractivity contribution >= 4 is 25.8 Å². The summed E-state index contributed by atoms with van der Waals surface area (Å²) in [6, 6.07) is 4.22. The molecule has 1 saturated heterocycles. The minimum atomic E-state index is -3.16. The van der Waals surface area contributed by atoms with Gasteiger partial charge in [-0.1, -0.05) is 15.9 Å². The number of benzene rings is 1. The minimum Gasteiger partial charge on any atom is -0.316 e. The van der Waals surface area contributed by atoms with Crippen molar-refractivity contribution in [2.45, 2.75) is 5.75 Å². The zero-order valence-electron chi connectivity index (χ0n) is 9.12. The van der Waals surface area contributed by atoms with Gasteiger partial charge in [0.1, 0.15) is 5.82 Å². The minimum absolute atomic E-state index is 0.0974. The molecule has 1 aliphatic rings. The number of nitrogens with one attached hydrogen (secondary N) is 1. The van der Waals surface area contributed by atoms with Gasteiger partial charge in [0, 0.05) is 17.6 Å². The van der Waals surface area contributed by atoms with Crippen molar-refractivity contribution < 1.29 is 12.8 Å². The molecule has 1 aromatic carbocycles. The molecule has 1 N–H and O–H groups in total. The fraction of sp³-hybridized carbons (Fsp3) is 0.455. The summed E-state index contributed by atoms with van der Waals surface area (Å²) < 4.78 is 37.4. The molecule has 0 amide bonds. The second-order valence-electron chi connectivity index (χ2n) is 4.36. The average Bonchev–Trinajstić information content (AvgIpc) is 2.09. The number of hydrogen-bond acceptors (Lipinski definition) is 3. The lowest BCUT2D eigenvalue weighted by molar-refractivity contribution is 0.378. The second-order valence-corrected chi connectivity index (χ2v) is 7.38. The standard InChI is InChI=1S/C11H13BrFNO2S/c12-10-1-8(2-11(13)3-10)6-17(15,16)7-9-4-14-5-9/h1-3,9,14H,4-7H2. The highest BCUT2D eigenvalue weighted by Gasteiger charge is 2.24. The normalized spacial score (nSPS) is 16.8. The van der Waals surface area contributed by atoms with Gasteiger partial charge in [0.2, 0.25) is 0 Å². The lowest BCUT2D eigenvalue weighted by Gasteiger charge is -2.26. The Morgan fingerprint density at radius 1 is 1.35 bits per heavy atom. The first-order valence-corrected chi connectivity index (χ1v) is 7.92. The molecule has 0 saturated carbocycles. The molecule has 0 unspecified atom stereocenters. The summed E-state index contributed by atoms with van der Waals surface area (Å²) in [7, 11) is -3.16. The lowest BCUT2D eigenvalue weighted by Crippen LogP contribution is -2.45. The number of halogens is 2. The molecule has 1 fully saturated rings. The van der Waals surface area contributed by atoms with Crippen LogP contribution in [0.4, 0.5) is 4.39 Å². The van der Waals surface area contributed by atoms with Crippen molar-refractivity contribution in [3.8, 4) is 0 Å². The third kappa shape index (κ3) is 3.76. The summed E-state index contributed by atoms with van der Waals surface area (Å²) in [5.74, 6) is -0.138. The van der Waals surface area contributed by atoms with E-state index in [9.17, 15) is 12.8 Å². The van der Waals surface area contributed by atoms with Crippen LogP contribution in [0.25, 0.3) is 0 Å². The Bertz CT molecular complexity index is 494. The maximum Gasteiger partial charge on any atom is 0.154 e. The highest BCUT2D eigenvalue weighted by atomic mass is 79.9. The summed E-state index contributed by atoms with van der Waals surface area (Å²) in [5.41, 5.74) is 0.490. The predicted molar refractivity (Wildman–Crippen MR) is 68.0 cm³/mol. The Kier molecular flexibility index (Phi) is 3.85. The van der Waals surface area contributed by atoms with E-state index in [2.05, 4.69) is 21.2 Å². The van der Waals surface area contributed by atoms with Gasteiger partial charge >= 0.3 is 0 Å². The van der Waals surface area contributed by atoms with Crippen LogP contribution in [0.1, 0.15) is 5.56 Å². The van der Waals surface area contributed by atoms with Crippen LogP contribution in [0.3, 0.4) is 0 Å². The van der Waals surface area contributed by atoms with E-state index in [-0.39, 0.29) is 17.4 Å². The Labute approximate surface area is 108 Å². The van der Waals surface area contributed by atoms with Crippen LogP contribution in [-0.2, 0) is 15.6 Å². The van der Waals surface area contributed by atoms with E-state index in [4.69, 9.17) is 0 Å². The fourth-order valence-electron chi connectivity index (χ4n) is 1.83. The van der Waals surface area contributed by atoms with E-state index in [0.717, 1.165) is 13.1 Å². The molecule has 2 rings (SSSR count). The Morgan fingerprint density at radius 2 is 2.06 bits per heavy atom. The van der Waals surface area contributed by atoms with Gasteiger partial charge in [-0.25, -0.2) is 12.8 Å². The highest BCUT2D eigenvalue weighted by Crippen LogP contribution is 2.18. The summed E-state index contributed by atoms with van der Waals surface area (Å²) in [5, 5.41) is 3.03. The van der Waals surface area contributed by atoms with Crippen LogP contribution < -0.4 is 5.32 Å². The van der Waals surface area contributed by atoms with Crippen molar-refractivity contribution in [1.82, 2.24) is 5.32 Å². The average molecular weight is 322 g/mol. The molecule has 3 nitrogen and oxygen atoms in total. The van der Waals surface area contributed by atoms with Crippen molar-refractivity contribution in [2.75, 3.05) is 18.8 Å². The molecular weight excluding hydrogens is 309 g/mol. The van der Waals surface area contributed by atoms with Gasteiger partial charge in [-0.15, -0.1) is 0 Å². The number of hydrogen-bond donors (Lipinski definition) is 1. The van der Waals surface area contributed by atoms with Crippen LogP contribution in [0.15, 0.2) is 22.7 Å². The number of sulfone groups is 1. The molecule has 17 heavy (non-hydrogen) atoms. The molecule has 0 radical (unpaired) electrons. The first-order chi connectivity index (χ1) is 7.94. The van der Waals surface area contributed by atoms with Crippen molar-refractivity contribution in [3.05, 3.63) is 34.1 Å². The molecule has 0 aromatic heterocycles. The van der Waals surface area contributed by atoms with Gasteiger partial charge < -0.3 is 5.32 Å². The quantitative estimate of drug-likeness (QED) is 0.918. The SMILES string of the molecule is O=S(=O)(Cc1cc(F)cc(Br)c1)CC1CNC1. The third-order valence-corrected chi connectivity index (χ3v) is 4.87. The van der Waals surface area contributed by atoms with Crippen molar-refractivity contribution in [3.63, 3.8) is 0 Å². The predicted octanol–water partition coefficient (Wildman–Crippen LogP) is 1.72. The fourth-order valence-corrected chi connectivity index (χ4v) is 4.09. The van der Waals surface area contributed by atoms with Gasteiger partial charge in [-0.2, -0.15) is 0 Å². The smallest absolute Gasteiger partial charge is 0.154 e. The molecule has 0 atom stereocenters. The lowest BCUT2D eigenvalue weighted by atomic mass is 10.1. The topological polar surface area (TPSA) is 46.2 Å². The first-order valence-electron chi connectivity index (χ1n) is 5.31. The van der Waals surface area contributed by atoms with E-state index in [1.54, 1.807) is 6.07 Å². The molecule has 0 spiro atoms. The van der Waals surface area contributed by atoms with E-state index >= 15 is 0 Å². The third-order valence-electron chi connectivity index (χ3n) is 2.66. The molecule has 1 heterocycles. The Balaban J connectivity index is 2.08. The summed E-state index contributed by atoms with van der Waals surface area (Å²) >= 11 is 3.15. The molecule has 1 aliphatic heterocycles. The van der Waals surface area contributed by atoms with Gasteiger partial charge in [-0.05, 0) is 29.7 Å². The molecular formula is C11H13BrFNO2S. The van der Waals surface area contributed by atoms with Crippen molar-refractivity contribution in [2.24, 2.45) is 5.92 Å². The summed E-state index contributed by atoms with van der Waals surface area (Å²) in [6.45, 7) is 1.51. The highest BCUT2D eigenvalue weighted by molar-refractivity contribution is 9.10. The van der Waals surface area contributed by atoms with E-state index in [1.807, 2.05) is 0 Å². The largest absolute Gasteiger partial charge is 0.316 e. The van der Waals surface area contributed by atoms with Gasteiger partial charge in [-0.3, -0.25) is 0 Å². The van der Waals surface area contributed by atoms with Gasteiger partial charge in [0.25, 0.3) is 0 Å². The van der Waals surface area contributed by atoms with Crippen LogP contribution in [-0.4, -0.2) is 27.3 Å². The molecule has 6 heteroatoms. The second kappa shape index (κ2) is 5.04. The molecule has 0 aliphatic carbocycles. The molecule has 1 aromatic rings. The van der Waals surface area contributed by atoms with E-state index in [1.165, 1.54) is 12.1 Å². The van der Waals surface area contributed by atoms with Crippen LogP contribution in [0.5, 0.6) is 0 Å². The molecule has 94 valence electrons. The monoisotopic (exact) mass is 321 g/mol. The zero-order chi connectivity index (χ0) is 12.5. The first kappa shape index (κ1) is 13.0. The Morgan fingerprint density at radius 3 is 2.59 bits per heavy atom. The molecule has 0 bridgehead atoms. The maximum atomic E-state index is 13.1. The zero-order valence-corrected chi connectivity index (χ0v) is 11.5. The Hall–Kier alpha value is -0.460. The van der Waals surface area contributed by atoms with E-state index < -0.39 is 15.7 Å².